The molecule has 1 heterocycles. The minimum atomic E-state index is -1.65. The van der Waals surface area contributed by atoms with Crippen molar-refractivity contribution < 1.29 is 14.0 Å². The SMILES string of the molecule is C=CCON=C(c1ccc(Oc2ccc(Cl)cc2)cc1)C(F)n1cncn1. The van der Waals surface area contributed by atoms with Crippen LogP contribution >= 0.6 is 11.6 Å². The molecule has 0 N–H and O–H groups in total. The second-order valence-electron chi connectivity index (χ2n) is 5.35. The van der Waals surface area contributed by atoms with E-state index in [-0.39, 0.29) is 12.3 Å². The first-order chi connectivity index (χ1) is 13.2. The van der Waals surface area contributed by atoms with Gasteiger partial charge in [-0.1, -0.05) is 29.4 Å². The summed E-state index contributed by atoms with van der Waals surface area (Å²) in [5, 5.41) is 8.32. The molecule has 138 valence electrons. The van der Waals surface area contributed by atoms with Gasteiger partial charge >= 0.3 is 0 Å². The Labute approximate surface area is 160 Å². The lowest BCUT2D eigenvalue weighted by atomic mass is 10.1. The fourth-order valence-corrected chi connectivity index (χ4v) is 2.31. The first kappa shape index (κ1) is 18.6. The number of halogens is 2. The van der Waals surface area contributed by atoms with Crippen molar-refractivity contribution in [3.63, 3.8) is 0 Å². The number of rotatable bonds is 8. The van der Waals surface area contributed by atoms with Crippen molar-refractivity contribution in [3.05, 3.63) is 84.4 Å². The smallest absolute Gasteiger partial charge is 0.239 e. The number of hydrogen-bond donors (Lipinski definition) is 0. The standard InChI is InChI=1S/C19H16ClFN4O2/c1-2-11-26-24-18(19(21)25-13-22-12-23-25)14-3-7-16(8-4-14)27-17-9-5-15(20)6-10-17/h2-10,12-13,19H,1,11H2. The number of nitrogens with zero attached hydrogens (tertiary/aromatic N) is 4. The van der Waals surface area contributed by atoms with E-state index >= 15 is 0 Å². The molecule has 1 aromatic heterocycles. The normalized spacial score (nSPS) is 12.4. The van der Waals surface area contributed by atoms with Crippen LogP contribution in [-0.4, -0.2) is 27.1 Å². The summed E-state index contributed by atoms with van der Waals surface area (Å²) in [6.07, 6.45) is 2.39. The molecule has 3 rings (SSSR count). The minimum Gasteiger partial charge on any atom is -0.457 e. The predicted octanol–water partition coefficient (Wildman–Crippen LogP) is 4.80. The van der Waals surface area contributed by atoms with Crippen molar-refractivity contribution >= 4 is 17.3 Å². The quantitative estimate of drug-likeness (QED) is 0.241. The highest BCUT2D eigenvalue weighted by Gasteiger charge is 2.21. The Morgan fingerprint density at radius 3 is 2.44 bits per heavy atom. The van der Waals surface area contributed by atoms with Gasteiger partial charge in [0.15, 0.2) is 0 Å². The number of benzene rings is 2. The van der Waals surface area contributed by atoms with Crippen LogP contribution in [0.2, 0.25) is 5.02 Å². The summed E-state index contributed by atoms with van der Waals surface area (Å²) >= 11 is 5.86. The van der Waals surface area contributed by atoms with Gasteiger partial charge in [0.1, 0.15) is 36.5 Å². The first-order valence-electron chi connectivity index (χ1n) is 8.00. The zero-order chi connectivity index (χ0) is 19.1. The van der Waals surface area contributed by atoms with Crippen LogP contribution in [0.25, 0.3) is 0 Å². The molecule has 1 unspecified atom stereocenters. The summed E-state index contributed by atoms with van der Waals surface area (Å²) in [7, 11) is 0. The molecule has 0 saturated carbocycles. The highest BCUT2D eigenvalue weighted by atomic mass is 35.5. The Morgan fingerprint density at radius 1 is 1.19 bits per heavy atom. The Bertz CT molecular complexity index is 896. The van der Waals surface area contributed by atoms with Gasteiger partial charge in [0, 0.05) is 10.6 Å². The molecule has 0 amide bonds. The van der Waals surface area contributed by atoms with Crippen LogP contribution in [0.1, 0.15) is 11.9 Å². The van der Waals surface area contributed by atoms with Crippen molar-refractivity contribution in [2.45, 2.75) is 6.30 Å². The summed E-state index contributed by atoms with van der Waals surface area (Å²) in [5.41, 5.74) is 0.575. The Hall–Kier alpha value is -3.19. The Morgan fingerprint density at radius 2 is 1.85 bits per heavy atom. The van der Waals surface area contributed by atoms with E-state index in [1.807, 2.05) is 0 Å². The maximum atomic E-state index is 14.8. The van der Waals surface area contributed by atoms with E-state index < -0.39 is 6.30 Å². The second-order valence-corrected chi connectivity index (χ2v) is 5.79. The first-order valence-corrected chi connectivity index (χ1v) is 8.38. The largest absolute Gasteiger partial charge is 0.457 e. The molecule has 0 saturated heterocycles. The van der Waals surface area contributed by atoms with Crippen LogP contribution in [-0.2, 0) is 4.84 Å². The molecular formula is C19H16ClFN4O2. The number of oxime groups is 1. The number of aromatic nitrogens is 3. The van der Waals surface area contributed by atoms with Crippen molar-refractivity contribution in [1.29, 1.82) is 0 Å². The van der Waals surface area contributed by atoms with E-state index in [0.29, 0.717) is 22.1 Å². The molecule has 0 radical (unpaired) electrons. The molecule has 27 heavy (non-hydrogen) atoms. The van der Waals surface area contributed by atoms with Gasteiger partial charge in [0.25, 0.3) is 0 Å². The molecule has 3 aromatic rings. The highest BCUT2D eigenvalue weighted by Crippen LogP contribution is 2.25. The zero-order valence-electron chi connectivity index (χ0n) is 14.2. The molecule has 8 heteroatoms. The summed E-state index contributed by atoms with van der Waals surface area (Å²) < 4.78 is 21.6. The molecule has 6 nitrogen and oxygen atoms in total. The van der Waals surface area contributed by atoms with Crippen molar-refractivity contribution in [1.82, 2.24) is 14.8 Å². The van der Waals surface area contributed by atoms with Gasteiger partial charge in [0.05, 0.1) is 0 Å². The second kappa shape index (κ2) is 8.95. The van der Waals surface area contributed by atoms with E-state index in [1.165, 1.54) is 18.7 Å². The summed E-state index contributed by atoms with van der Waals surface area (Å²) in [5.74, 6) is 1.23. The van der Waals surface area contributed by atoms with Gasteiger partial charge in [-0.2, -0.15) is 5.10 Å². The van der Waals surface area contributed by atoms with Crippen LogP contribution in [0.15, 0.2) is 79.0 Å². The summed E-state index contributed by atoms with van der Waals surface area (Å²) in [6.45, 7) is 3.70. The molecule has 0 aliphatic heterocycles. The molecule has 2 aromatic carbocycles. The van der Waals surface area contributed by atoms with Gasteiger partial charge in [-0.05, 0) is 48.5 Å². The van der Waals surface area contributed by atoms with Gasteiger partial charge in [0.2, 0.25) is 6.30 Å². The van der Waals surface area contributed by atoms with Crippen LogP contribution < -0.4 is 4.74 Å². The number of alkyl halides is 1. The van der Waals surface area contributed by atoms with Gasteiger partial charge < -0.3 is 9.57 Å². The van der Waals surface area contributed by atoms with Crippen LogP contribution in [0, 0.1) is 0 Å². The summed E-state index contributed by atoms with van der Waals surface area (Å²) in [6, 6.07) is 13.8. The third kappa shape index (κ3) is 4.92. The molecular weight excluding hydrogens is 371 g/mol. The van der Waals surface area contributed by atoms with Crippen molar-refractivity contribution in [3.8, 4) is 11.5 Å². The molecule has 0 aliphatic carbocycles. The average molecular weight is 387 g/mol. The van der Waals surface area contributed by atoms with Crippen LogP contribution in [0.3, 0.4) is 0 Å². The van der Waals surface area contributed by atoms with Gasteiger partial charge in [-0.15, -0.1) is 0 Å². The highest BCUT2D eigenvalue weighted by molar-refractivity contribution is 6.30. The molecule has 0 bridgehead atoms. The van der Waals surface area contributed by atoms with Gasteiger partial charge in [-0.25, -0.2) is 14.1 Å². The average Bonchev–Trinajstić information content (AvgIpc) is 3.22. The van der Waals surface area contributed by atoms with Gasteiger partial charge in [-0.3, -0.25) is 0 Å². The maximum absolute atomic E-state index is 14.8. The topological polar surface area (TPSA) is 61.5 Å². The van der Waals surface area contributed by atoms with E-state index in [2.05, 4.69) is 21.8 Å². The minimum absolute atomic E-state index is 0.0559. The predicted molar refractivity (Wildman–Crippen MR) is 101 cm³/mol. The van der Waals surface area contributed by atoms with Crippen LogP contribution in [0.5, 0.6) is 11.5 Å². The monoisotopic (exact) mass is 386 g/mol. The third-order valence-corrected chi connectivity index (χ3v) is 3.70. The van der Waals surface area contributed by atoms with E-state index in [0.717, 1.165) is 4.68 Å². The Balaban J connectivity index is 1.80. The third-order valence-electron chi connectivity index (χ3n) is 3.45. The maximum Gasteiger partial charge on any atom is 0.239 e. The number of ether oxygens (including phenoxy) is 1. The molecule has 1 atom stereocenters. The lowest BCUT2D eigenvalue weighted by Crippen LogP contribution is -2.17. The van der Waals surface area contributed by atoms with Crippen LogP contribution in [0.4, 0.5) is 4.39 Å². The van der Waals surface area contributed by atoms with E-state index in [1.54, 1.807) is 48.5 Å². The number of hydrogen-bond acceptors (Lipinski definition) is 5. The molecule has 0 fully saturated rings. The lowest BCUT2D eigenvalue weighted by Gasteiger charge is -2.12. The Kier molecular flexibility index (Phi) is 6.17. The van der Waals surface area contributed by atoms with Crippen molar-refractivity contribution in [2.75, 3.05) is 6.61 Å². The zero-order valence-corrected chi connectivity index (χ0v) is 15.0. The van der Waals surface area contributed by atoms with E-state index in [9.17, 15) is 4.39 Å². The fraction of sp³-hybridized carbons (Fsp3) is 0.105. The fourth-order valence-electron chi connectivity index (χ4n) is 2.19. The van der Waals surface area contributed by atoms with Crippen molar-refractivity contribution in [2.24, 2.45) is 5.16 Å². The molecule has 0 spiro atoms. The van der Waals surface area contributed by atoms with E-state index in [4.69, 9.17) is 21.2 Å². The molecule has 0 aliphatic rings. The summed E-state index contributed by atoms with van der Waals surface area (Å²) in [4.78, 5) is 8.83. The lowest BCUT2D eigenvalue weighted by molar-refractivity contribution is 0.168.